The number of hydrogen-bond acceptors (Lipinski definition) is 4. The smallest absolute Gasteiger partial charge is 0.253 e. The Hall–Kier alpha value is -2.01. The van der Waals surface area contributed by atoms with Crippen molar-refractivity contribution in [2.24, 2.45) is 5.92 Å². The van der Waals surface area contributed by atoms with E-state index >= 15 is 0 Å². The van der Waals surface area contributed by atoms with Crippen LogP contribution >= 0.6 is 0 Å². The Balaban J connectivity index is 0.000000292. The number of para-hydroxylation sites is 1. The Kier molecular flexibility index (Phi) is 9.91. The molecule has 0 bridgehead atoms. The van der Waals surface area contributed by atoms with Crippen LogP contribution in [0.4, 0.5) is 0 Å². The standard InChI is InChI=1S/C15H19N3O2.C8H16/c1-3-20-9-5-8-16-15(19)13-7-4-6-12-10-17-11(2)18-14(12)13;1-2-8-6-4-3-5-7-8/h4,6-7,10H,3,5,8-9H2,1-2H3,(H,16,19);8H,2-7H2,1H3. The molecule has 0 radical (unpaired) electrons. The van der Waals surface area contributed by atoms with Gasteiger partial charge in [0.25, 0.3) is 5.91 Å². The number of amides is 1. The molecule has 1 aliphatic carbocycles. The van der Waals surface area contributed by atoms with Crippen molar-refractivity contribution in [1.29, 1.82) is 0 Å². The molecule has 0 aliphatic heterocycles. The minimum Gasteiger partial charge on any atom is -0.382 e. The van der Waals surface area contributed by atoms with E-state index in [0.29, 0.717) is 36.7 Å². The number of hydrogen-bond donors (Lipinski definition) is 1. The zero-order valence-corrected chi connectivity index (χ0v) is 17.7. The van der Waals surface area contributed by atoms with Crippen molar-refractivity contribution < 1.29 is 9.53 Å². The van der Waals surface area contributed by atoms with Gasteiger partial charge in [-0.25, -0.2) is 9.97 Å². The fourth-order valence-electron chi connectivity index (χ4n) is 3.54. The Morgan fingerprint density at radius 3 is 2.68 bits per heavy atom. The zero-order chi connectivity index (χ0) is 20.2. The minimum atomic E-state index is -0.106. The summed E-state index contributed by atoms with van der Waals surface area (Å²) in [5.41, 5.74) is 1.28. The van der Waals surface area contributed by atoms with Crippen molar-refractivity contribution in [1.82, 2.24) is 15.3 Å². The number of benzene rings is 1. The van der Waals surface area contributed by atoms with Crippen molar-refractivity contribution in [2.45, 2.75) is 65.7 Å². The van der Waals surface area contributed by atoms with Crippen molar-refractivity contribution >= 4 is 16.8 Å². The predicted octanol–water partition coefficient (Wildman–Crippen LogP) is 5.07. The van der Waals surface area contributed by atoms with Crippen molar-refractivity contribution in [3.63, 3.8) is 0 Å². The van der Waals surface area contributed by atoms with Crippen LogP contribution in [-0.4, -0.2) is 35.6 Å². The Bertz CT molecular complexity index is 727. The predicted molar refractivity (Wildman–Crippen MR) is 115 cm³/mol. The monoisotopic (exact) mass is 385 g/mol. The molecule has 1 saturated carbocycles. The fraction of sp³-hybridized carbons (Fsp3) is 0.609. The molecule has 28 heavy (non-hydrogen) atoms. The van der Waals surface area contributed by atoms with Gasteiger partial charge in [0.2, 0.25) is 0 Å². The van der Waals surface area contributed by atoms with Crippen LogP contribution in [0.25, 0.3) is 10.9 Å². The highest BCUT2D eigenvalue weighted by Crippen LogP contribution is 2.25. The first kappa shape index (κ1) is 22.3. The Morgan fingerprint density at radius 2 is 2.00 bits per heavy atom. The summed E-state index contributed by atoms with van der Waals surface area (Å²) in [6.07, 6.45) is 11.5. The molecule has 1 heterocycles. The van der Waals surface area contributed by atoms with Gasteiger partial charge in [-0.1, -0.05) is 57.6 Å². The first-order valence-electron chi connectivity index (χ1n) is 10.7. The molecule has 1 N–H and O–H groups in total. The number of aromatic nitrogens is 2. The van der Waals surface area contributed by atoms with Gasteiger partial charge in [0.05, 0.1) is 11.1 Å². The van der Waals surface area contributed by atoms with Crippen LogP contribution in [0.5, 0.6) is 0 Å². The molecule has 1 amide bonds. The average molecular weight is 386 g/mol. The largest absolute Gasteiger partial charge is 0.382 e. The number of carbonyl (C=O) groups excluding carboxylic acids is 1. The van der Waals surface area contributed by atoms with Gasteiger partial charge >= 0.3 is 0 Å². The highest BCUT2D eigenvalue weighted by Gasteiger charge is 2.11. The normalized spacial score (nSPS) is 14.4. The van der Waals surface area contributed by atoms with Crippen molar-refractivity contribution in [2.75, 3.05) is 19.8 Å². The van der Waals surface area contributed by atoms with Crippen molar-refractivity contribution in [3.05, 3.63) is 35.8 Å². The maximum absolute atomic E-state index is 12.2. The first-order valence-corrected chi connectivity index (χ1v) is 10.7. The SMILES string of the molecule is CCC1CCCCC1.CCOCCCNC(=O)c1cccc2cnc(C)nc12. The third-order valence-corrected chi connectivity index (χ3v) is 5.23. The molecule has 0 saturated heterocycles. The third-order valence-electron chi connectivity index (χ3n) is 5.23. The number of fused-ring (bicyclic) bond motifs is 1. The van der Waals surface area contributed by atoms with Gasteiger partial charge in [-0.2, -0.15) is 0 Å². The maximum Gasteiger partial charge on any atom is 0.253 e. The van der Waals surface area contributed by atoms with Crippen LogP contribution in [-0.2, 0) is 4.74 Å². The van der Waals surface area contributed by atoms with E-state index in [2.05, 4.69) is 22.2 Å². The summed E-state index contributed by atoms with van der Waals surface area (Å²) < 4.78 is 5.24. The third kappa shape index (κ3) is 7.19. The summed E-state index contributed by atoms with van der Waals surface area (Å²) in [6.45, 7) is 8.04. The molecule has 1 fully saturated rings. The number of nitrogens with zero attached hydrogens (tertiary/aromatic N) is 2. The van der Waals surface area contributed by atoms with Gasteiger partial charge in [-0.3, -0.25) is 4.79 Å². The Labute approximate surface area is 169 Å². The average Bonchev–Trinajstić information content (AvgIpc) is 2.74. The zero-order valence-electron chi connectivity index (χ0n) is 17.7. The summed E-state index contributed by atoms with van der Waals surface area (Å²) in [5.74, 6) is 1.64. The van der Waals surface area contributed by atoms with Gasteiger partial charge < -0.3 is 10.1 Å². The molecule has 0 spiro atoms. The van der Waals surface area contributed by atoms with Gasteiger partial charge in [0.15, 0.2) is 0 Å². The van der Waals surface area contributed by atoms with E-state index in [9.17, 15) is 4.79 Å². The lowest BCUT2D eigenvalue weighted by Gasteiger charge is -2.18. The van der Waals surface area contributed by atoms with Crippen LogP contribution < -0.4 is 5.32 Å². The molecule has 1 aromatic heterocycles. The summed E-state index contributed by atoms with van der Waals surface area (Å²) in [6, 6.07) is 5.53. The molecule has 0 atom stereocenters. The van der Waals surface area contributed by atoms with E-state index in [1.807, 2.05) is 26.0 Å². The van der Waals surface area contributed by atoms with Crippen molar-refractivity contribution in [3.8, 4) is 0 Å². The summed E-state index contributed by atoms with van der Waals surface area (Å²) >= 11 is 0. The lowest BCUT2D eigenvalue weighted by Crippen LogP contribution is -2.25. The topological polar surface area (TPSA) is 64.1 Å². The lowest BCUT2D eigenvalue weighted by atomic mass is 9.88. The molecule has 3 rings (SSSR count). The van der Waals surface area contributed by atoms with Gasteiger partial charge in [0.1, 0.15) is 5.82 Å². The molecule has 2 aromatic rings. The van der Waals surface area contributed by atoms with E-state index in [1.54, 1.807) is 12.3 Å². The highest BCUT2D eigenvalue weighted by atomic mass is 16.5. The van der Waals surface area contributed by atoms with Crippen LogP contribution in [0.1, 0.15) is 75.0 Å². The van der Waals surface area contributed by atoms with Crippen LogP contribution in [0, 0.1) is 12.8 Å². The number of rotatable bonds is 7. The molecular weight excluding hydrogens is 350 g/mol. The summed E-state index contributed by atoms with van der Waals surface area (Å²) in [4.78, 5) is 20.7. The molecule has 1 aromatic carbocycles. The van der Waals surface area contributed by atoms with E-state index in [0.717, 1.165) is 17.7 Å². The Morgan fingerprint density at radius 1 is 1.21 bits per heavy atom. The lowest BCUT2D eigenvalue weighted by molar-refractivity contribution is 0.0945. The molecule has 154 valence electrons. The van der Waals surface area contributed by atoms with E-state index in [1.165, 1.54) is 38.5 Å². The highest BCUT2D eigenvalue weighted by molar-refractivity contribution is 6.05. The molecule has 5 nitrogen and oxygen atoms in total. The number of carbonyl (C=O) groups is 1. The van der Waals surface area contributed by atoms with E-state index in [-0.39, 0.29) is 5.91 Å². The van der Waals surface area contributed by atoms with Gasteiger partial charge in [-0.05, 0) is 32.3 Å². The van der Waals surface area contributed by atoms with Gasteiger partial charge in [0, 0.05) is 31.3 Å². The summed E-state index contributed by atoms with van der Waals surface area (Å²) in [5, 5.41) is 3.76. The van der Waals surface area contributed by atoms with E-state index < -0.39 is 0 Å². The second-order valence-electron chi connectivity index (χ2n) is 7.38. The number of aryl methyl sites for hydroxylation is 1. The maximum atomic E-state index is 12.2. The van der Waals surface area contributed by atoms with Crippen LogP contribution in [0.3, 0.4) is 0 Å². The number of ether oxygens (including phenoxy) is 1. The summed E-state index contributed by atoms with van der Waals surface area (Å²) in [7, 11) is 0. The van der Waals surface area contributed by atoms with Crippen LogP contribution in [0.2, 0.25) is 0 Å². The van der Waals surface area contributed by atoms with Gasteiger partial charge in [-0.15, -0.1) is 0 Å². The second kappa shape index (κ2) is 12.4. The van der Waals surface area contributed by atoms with Crippen LogP contribution in [0.15, 0.2) is 24.4 Å². The fourth-order valence-corrected chi connectivity index (χ4v) is 3.54. The number of nitrogens with one attached hydrogen (secondary N) is 1. The molecular formula is C23H35N3O2. The minimum absolute atomic E-state index is 0.106. The second-order valence-corrected chi connectivity index (χ2v) is 7.38. The quantitative estimate of drug-likeness (QED) is 0.676. The first-order chi connectivity index (χ1) is 13.7. The molecule has 0 unspecified atom stereocenters. The molecule has 1 aliphatic rings. The molecule has 5 heteroatoms. The van der Waals surface area contributed by atoms with E-state index in [4.69, 9.17) is 4.74 Å².